The fourth-order valence-electron chi connectivity index (χ4n) is 1.58. The number of carbonyl (C=O) groups is 2. The molecule has 1 unspecified atom stereocenters. The molecule has 0 aromatic carbocycles. The van der Waals surface area contributed by atoms with Crippen molar-refractivity contribution in [2.24, 2.45) is 5.92 Å². The summed E-state index contributed by atoms with van der Waals surface area (Å²) in [5.41, 5.74) is 0. The maximum atomic E-state index is 11.6. The van der Waals surface area contributed by atoms with Crippen molar-refractivity contribution in [2.45, 2.75) is 19.8 Å². The number of thioether (sulfide) groups is 1. The molecule has 0 aromatic rings. The highest BCUT2D eigenvalue weighted by Gasteiger charge is 2.30. The Labute approximate surface area is 94.0 Å². The number of carboxylic acid groups (broad SMARTS) is 1. The third-order valence-electron chi connectivity index (χ3n) is 2.46. The molecule has 0 bridgehead atoms. The lowest BCUT2D eigenvalue weighted by Crippen LogP contribution is -2.31. The number of aliphatic carboxylic acids is 1. The summed E-state index contributed by atoms with van der Waals surface area (Å²) in [7, 11) is 0. The number of amides is 1. The second-order valence-corrected chi connectivity index (χ2v) is 4.82. The van der Waals surface area contributed by atoms with Crippen molar-refractivity contribution in [3.63, 3.8) is 0 Å². The van der Waals surface area contributed by atoms with Crippen LogP contribution in [0.25, 0.3) is 0 Å². The molecule has 1 rings (SSSR count). The monoisotopic (exact) mass is 231 g/mol. The van der Waals surface area contributed by atoms with Crippen molar-refractivity contribution < 1.29 is 14.7 Å². The van der Waals surface area contributed by atoms with Crippen molar-refractivity contribution in [2.75, 3.05) is 24.6 Å². The molecular weight excluding hydrogens is 214 g/mol. The van der Waals surface area contributed by atoms with E-state index < -0.39 is 5.97 Å². The van der Waals surface area contributed by atoms with Gasteiger partial charge in [-0.15, -0.1) is 0 Å². The van der Waals surface area contributed by atoms with Gasteiger partial charge in [0.25, 0.3) is 0 Å². The van der Waals surface area contributed by atoms with E-state index in [2.05, 4.69) is 6.92 Å². The Morgan fingerprint density at radius 2 is 2.27 bits per heavy atom. The van der Waals surface area contributed by atoms with Gasteiger partial charge in [-0.3, -0.25) is 9.59 Å². The summed E-state index contributed by atoms with van der Waals surface area (Å²) in [5.74, 6) is 0.413. The largest absolute Gasteiger partial charge is 0.481 e. The van der Waals surface area contributed by atoms with Gasteiger partial charge < -0.3 is 10.0 Å². The Morgan fingerprint density at radius 3 is 2.80 bits per heavy atom. The highest BCUT2D eigenvalue weighted by atomic mass is 32.2. The first kappa shape index (κ1) is 12.4. The van der Waals surface area contributed by atoms with Gasteiger partial charge in [0.2, 0.25) is 5.91 Å². The van der Waals surface area contributed by atoms with Crippen LogP contribution in [-0.4, -0.2) is 46.5 Å². The minimum absolute atomic E-state index is 0.0807. The third kappa shape index (κ3) is 3.74. The molecule has 1 amide bonds. The number of hydrogen-bond donors (Lipinski definition) is 1. The van der Waals surface area contributed by atoms with Gasteiger partial charge in [0.05, 0.1) is 11.7 Å². The number of likely N-dealkylation sites (tertiary alicyclic amines) is 1. The molecule has 1 saturated heterocycles. The molecule has 0 aliphatic carbocycles. The van der Waals surface area contributed by atoms with Gasteiger partial charge in [-0.05, 0) is 18.6 Å². The van der Waals surface area contributed by atoms with E-state index in [1.54, 1.807) is 16.7 Å². The van der Waals surface area contributed by atoms with Crippen molar-refractivity contribution in [3.8, 4) is 0 Å². The van der Waals surface area contributed by atoms with Crippen LogP contribution in [0.4, 0.5) is 0 Å². The Balaban J connectivity index is 2.27. The highest BCUT2D eigenvalue weighted by Crippen LogP contribution is 2.17. The van der Waals surface area contributed by atoms with E-state index in [0.29, 0.717) is 25.3 Å². The highest BCUT2D eigenvalue weighted by molar-refractivity contribution is 7.99. The van der Waals surface area contributed by atoms with Crippen LogP contribution in [0.5, 0.6) is 0 Å². The quantitative estimate of drug-likeness (QED) is 0.719. The van der Waals surface area contributed by atoms with Crippen molar-refractivity contribution in [1.29, 1.82) is 0 Å². The molecule has 1 aliphatic rings. The van der Waals surface area contributed by atoms with Gasteiger partial charge in [-0.2, -0.15) is 11.8 Å². The first-order chi connectivity index (χ1) is 7.15. The van der Waals surface area contributed by atoms with Crippen LogP contribution in [0.15, 0.2) is 0 Å². The second kappa shape index (κ2) is 6.00. The summed E-state index contributed by atoms with van der Waals surface area (Å²) < 4.78 is 0. The molecule has 0 aromatic heterocycles. The van der Waals surface area contributed by atoms with E-state index in [1.165, 1.54) is 0 Å². The summed E-state index contributed by atoms with van der Waals surface area (Å²) in [5, 5.41) is 8.78. The number of nitrogens with zero attached hydrogens (tertiary/aromatic N) is 1. The zero-order chi connectivity index (χ0) is 11.3. The van der Waals surface area contributed by atoms with Crippen LogP contribution >= 0.6 is 11.8 Å². The fourth-order valence-corrected chi connectivity index (χ4v) is 2.37. The van der Waals surface area contributed by atoms with Gasteiger partial charge in [0.15, 0.2) is 0 Å². The number of carboxylic acids is 1. The predicted octanol–water partition coefficient (Wildman–Crippen LogP) is 1.06. The van der Waals surface area contributed by atoms with Crippen molar-refractivity contribution >= 4 is 23.6 Å². The third-order valence-corrected chi connectivity index (χ3v) is 3.61. The summed E-state index contributed by atoms with van der Waals surface area (Å²) in [6.07, 6.45) is 1.66. The number of hydrogen-bond acceptors (Lipinski definition) is 3. The molecule has 1 N–H and O–H groups in total. The summed E-state index contributed by atoms with van der Waals surface area (Å²) in [6, 6.07) is 0. The molecule has 1 aliphatic heterocycles. The van der Waals surface area contributed by atoms with Gasteiger partial charge in [0, 0.05) is 13.1 Å². The molecule has 1 atom stereocenters. The van der Waals surface area contributed by atoms with Crippen LogP contribution in [-0.2, 0) is 9.59 Å². The maximum Gasteiger partial charge on any atom is 0.308 e. The van der Waals surface area contributed by atoms with E-state index >= 15 is 0 Å². The normalized spacial score (nSPS) is 20.6. The fraction of sp³-hybridized carbons (Fsp3) is 0.800. The van der Waals surface area contributed by atoms with E-state index in [4.69, 9.17) is 5.11 Å². The minimum atomic E-state index is -0.786. The predicted molar refractivity (Wildman–Crippen MR) is 59.9 cm³/mol. The van der Waals surface area contributed by atoms with Crippen LogP contribution in [0.3, 0.4) is 0 Å². The topological polar surface area (TPSA) is 57.6 Å². The zero-order valence-corrected chi connectivity index (χ0v) is 9.76. The molecule has 1 heterocycles. The Morgan fingerprint density at radius 1 is 1.53 bits per heavy atom. The molecule has 0 spiro atoms. The van der Waals surface area contributed by atoms with E-state index in [0.717, 1.165) is 12.2 Å². The van der Waals surface area contributed by atoms with E-state index in [-0.39, 0.29) is 11.8 Å². The molecule has 4 nitrogen and oxygen atoms in total. The molecule has 1 fully saturated rings. The second-order valence-electron chi connectivity index (χ2n) is 3.72. The van der Waals surface area contributed by atoms with Gasteiger partial charge >= 0.3 is 5.97 Å². The van der Waals surface area contributed by atoms with Gasteiger partial charge in [-0.25, -0.2) is 0 Å². The smallest absolute Gasteiger partial charge is 0.308 e. The maximum absolute atomic E-state index is 11.6. The molecular formula is C10H17NO3S. The lowest BCUT2D eigenvalue weighted by molar-refractivity contribution is -0.141. The number of rotatable bonds is 5. The van der Waals surface area contributed by atoms with Crippen LogP contribution in [0, 0.1) is 5.92 Å². The molecule has 5 heteroatoms. The van der Waals surface area contributed by atoms with Crippen molar-refractivity contribution in [1.82, 2.24) is 4.90 Å². The van der Waals surface area contributed by atoms with Crippen molar-refractivity contribution in [3.05, 3.63) is 0 Å². The summed E-state index contributed by atoms with van der Waals surface area (Å²) >= 11 is 1.62. The summed E-state index contributed by atoms with van der Waals surface area (Å²) in [4.78, 5) is 24.0. The van der Waals surface area contributed by atoms with Gasteiger partial charge in [0.1, 0.15) is 0 Å². The SMILES string of the molecule is CCCSCC(=O)N1CCC(C(=O)O)C1. The first-order valence-electron chi connectivity index (χ1n) is 5.23. The Kier molecular flexibility index (Phi) is 4.94. The Bertz CT molecular complexity index is 245. The van der Waals surface area contributed by atoms with Crippen LogP contribution < -0.4 is 0 Å². The zero-order valence-electron chi connectivity index (χ0n) is 8.94. The summed E-state index contributed by atoms with van der Waals surface area (Å²) in [6.45, 7) is 3.07. The van der Waals surface area contributed by atoms with Crippen LogP contribution in [0.2, 0.25) is 0 Å². The Hall–Kier alpha value is -0.710. The minimum Gasteiger partial charge on any atom is -0.481 e. The first-order valence-corrected chi connectivity index (χ1v) is 6.39. The molecule has 0 radical (unpaired) electrons. The molecule has 86 valence electrons. The lowest BCUT2D eigenvalue weighted by atomic mass is 10.1. The average Bonchev–Trinajstić information content (AvgIpc) is 2.66. The van der Waals surface area contributed by atoms with Crippen LogP contribution in [0.1, 0.15) is 19.8 Å². The van der Waals surface area contributed by atoms with E-state index in [1.807, 2.05) is 0 Å². The standard InChI is InChI=1S/C10H17NO3S/c1-2-5-15-7-9(12)11-4-3-8(6-11)10(13)14/h8H,2-7H2,1H3,(H,13,14). The van der Waals surface area contributed by atoms with E-state index in [9.17, 15) is 9.59 Å². The average molecular weight is 231 g/mol. The number of carbonyl (C=O) groups excluding carboxylic acids is 1. The molecule has 15 heavy (non-hydrogen) atoms. The van der Waals surface area contributed by atoms with Gasteiger partial charge in [-0.1, -0.05) is 6.92 Å². The molecule has 0 saturated carbocycles. The lowest BCUT2D eigenvalue weighted by Gasteiger charge is -2.15.